The van der Waals surface area contributed by atoms with Gasteiger partial charge in [-0.2, -0.15) is 0 Å². The number of hydrogen-bond donors (Lipinski definition) is 0. The number of nitrogens with zero attached hydrogens (tertiary/aromatic N) is 3. The molecule has 0 aliphatic carbocycles. The molecule has 5 nitrogen and oxygen atoms in total. The molecule has 2 fully saturated rings. The van der Waals surface area contributed by atoms with Crippen LogP contribution in [-0.4, -0.2) is 59.5 Å². The average molecular weight is 269 g/mol. The summed E-state index contributed by atoms with van der Waals surface area (Å²) in [6, 6.07) is 0.521. The molecule has 0 aromatic rings. The SMILES string of the molecule is CC(C)CC1([N+](=O)[O-])CN(C)CC2CCCCN2C1. The van der Waals surface area contributed by atoms with E-state index in [-0.39, 0.29) is 4.92 Å². The van der Waals surface area contributed by atoms with E-state index in [1.54, 1.807) is 0 Å². The zero-order valence-corrected chi connectivity index (χ0v) is 12.5. The minimum atomic E-state index is -0.783. The third kappa shape index (κ3) is 3.26. The van der Waals surface area contributed by atoms with E-state index < -0.39 is 5.54 Å². The minimum absolute atomic E-state index is 0.000482. The van der Waals surface area contributed by atoms with Crippen molar-refractivity contribution in [2.45, 2.75) is 51.1 Å². The van der Waals surface area contributed by atoms with Gasteiger partial charge in [-0.1, -0.05) is 20.3 Å². The molecule has 110 valence electrons. The third-order valence-corrected chi connectivity index (χ3v) is 4.51. The summed E-state index contributed by atoms with van der Waals surface area (Å²) in [6.45, 7) is 7.41. The first-order valence-corrected chi connectivity index (χ1v) is 7.50. The van der Waals surface area contributed by atoms with Crippen molar-refractivity contribution in [3.8, 4) is 0 Å². The van der Waals surface area contributed by atoms with Crippen LogP contribution in [0.25, 0.3) is 0 Å². The van der Waals surface area contributed by atoms with Gasteiger partial charge in [0.15, 0.2) is 0 Å². The molecule has 2 saturated heterocycles. The Labute approximate surface area is 116 Å². The highest BCUT2D eigenvalue weighted by molar-refractivity contribution is 4.94. The van der Waals surface area contributed by atoms with Gasteiger partial charge in [-0.3, -0.25) is 19.9 Å². The maximum absolute atomic E-state index is 11.7. The quantitative estimate of drug-likeness (QED) is 0.579. The molecule has 2 aliphatic heterocycles. The van der Waals surface area contributed by atoms with Crippen molar-refractivity contribution in [3.05, 3.63) is 10.1 Å². The standard InChI is InChI=1S/C14H27N3O2/c1-12(2)8-14(17(18)19)10-15(3)9-13-6-4-5-7-16(13)11-14/h12-13H,4-11H2,1-3H3. The van der Waals surface area contributed by atoms with Crippen LogP contribution in [0, 0.1) is 16.0 Å². The molecular formula is C14H27N3O2. The molecule has 2 rings (SSSR count). The minimum Gasteiger partial charge on any atom is -0.298 e. The van der Waals surface area contributed by atoms with Crippen LogP contribution >= 0.6 is 0 Å². The monoisotopic (exact) mass is 269 g/mol. The average Bonchev–Trinajstić information content (AvgIpc) is 2.43. The van der Waals surface area contributed by atoms with Crippen molar-refractivity contribution in [3.63, 3.8) is 0 Å². The van der Waals surface area contributed by atoms with Crippen LogP contribution in [0.4, 0.5) is 0 Å². The Kier molecular flexibility index (Phi) is 4.46. The van der Waals surface area contributed by atoms with Gasteiger partial charge in [0.1, 0.15) is 0 Å². The molecule has 0 aromatic carbocycles. The number of nitro groups is 1. The van der Waals surface area contributed by atoms with E-state index in [2.05, 4.69) is 23.6 Å². The van der Waals surface area contributed by atoms with E-state index in [1.807, 2.05) is 7.05 Å². The number of hydrogen-bond acceptors (Lipinski definition) is 4. The van der Waals surface area contributed by atoms with Crippen molar-refractivity contribution in [1.29, 1.82) is 0 Å². The van der Waals surface area contributed by atoms with E-state index in [0.29, 0.717) is 31.5 Å². The van der Waals surface area contributed by atoms with Crippen molar-refractivity contribution in [1.82, 2.24) is 9.80 Å². The Morgan fingerprint density at radius 2 is 2.11 bits per heavy atom. The summed E-state index contributed by atoms with van der Waals surface area (Å²) < 4.78 is 0. The lowest BCUT2D eigenvalue weighted by molar-refractivity contribution is -0.572. The Bertz CT molecular complexity index is 335. The summed E-state index contributed by atoms with van der Waals surface area (Å²) in [6.07, 6.45) is 4.33. The summed E-state index contributed by atoms with van der Waals surface area (Å²) in [5.41, 5.74) is -0.783. The highest BCUT2D eigenvalue weighted by Gasteiger charge is 2.49. The first-order valence-electron chi connectivity index (χ1n) is 7.50. The van der Waals surface area contributed by atoms with Gasteiger partial charge in [-0.05, 0) is 32.4 Å². The molecule has 2 unspecified atom stereocenters. The highest BCUT2D eigenvalue weighted by Crippen LogP contribution is 2.30. The second-order valence-corrected chi connectivity index (χ2v) is 6.90. The summed E-state index contributed by atoms with van der Waals surface area (Å²) in [7, 11) is 2.04. The normalized spacial score (nSPS) is 34.0. The molecule has 2 atom stereocenters. The number of piperidine rings is 1. The van der Waals surface area contributed by atoms with Crippen molar-refractivity contribution in [2.75, 3.05) is 33.2 Å². The topological polar surface area (TPSA) is 49.6 Å². The molecule has 5 heteroatoms. The van der Waals surface area contributed by atoms with E-state index in [4.69, 9.17) is 0 Å². The molecule has 0 amide bonds. The fourth-order valence-electron chi connectivity index (χ4n) is 3.91. The van der Waals surface area contributed by atoms with Gasteiger partial charge in [0.25, 0.3) is 0 Å². The molecular weight excluding hydrogens is 242 g/mol. The summed E-state index contributed by atoms with van der Waals surface area (Å²) >= 11 is 0. The fraction of sp³-hybridized carbons (Fsp3) is 1.00. The maximum atomic E-state index is 11.7. The Balaban J connectivity index is 2.23. The Morgan fingerprint density at radius 3 is 2.74 bits per heavy atom. The molecule has 2 heterocycles. The van der Waals surface area contributed by atoms with Crippen LogP contribution in [0.15, 0.2) is 0 Å². The smallest absolute Gasteiger partial charge is 0.247 e. The van der Waals surface area contributed by atoms with E-state index >= 15 is 0 Å². The molecule has 19 heavy (non-hydrogen) atoms. The molecule has 2 aliphatic rings. The van der Waals surface area contributed by atoms with Crippen LogP contribution in [0.3, 0.4) is 0 Å². The van der Waals surface area contributed by atoms with Crippen molar-refractivity contribution in [2.24, 2.45) is 5.92 Å². The van der Waals surface area contributed by atoms with Crippen molar-refractivity contribution < 1.29 is 4.92 Å². The van der Waals surface area contributed by atoms with Crippen LogP contribution in [0.2, 0.25) is 0 Å². The van der Waals surface area contributed by atoms with Gasteiger partial charge in [0.2, 0.25) is 5.54 Å². The van der Waals surface area contributed by atoms with Gasteiger partial charge in [0.05, 0.1) is 13.1 Å². The molecule has 0 radical (unpaired) electrons. The molecule has 0 N–H and O–H groups in total. The molecule has 0 bridgehead atoms. The van der Waals surface area contributed by atoms with Gasteiger partial charge in [-0.25, -0.2) is 0 Å². The van der Waals surface area contributed by atoms with Gasteiger partial charge < -0.3 is 0 Å². The second-order valence-electron chi connectivity index (χ2n) is 6.90. The van der Waals surface area contributed by atoms with Crippen LogP contribution < -0.4 is 0 Å². The lowest BCUT2D eigenvalue weighted by atomic mass is 9.88. The second kappa shape index (κ2) is 5.75. The zero-order chi connectivity index (χ0) is 14.0. The molecule has 0 spiro atoms. The fourth-order valence-corrected chi connectivity index (χ4v) is 3.91. The summed E-state index contributed by atoms with van der Waals surface area (Å²) in [4.78, 5) is 16.3. The highest BCUT2D eigenvalue weighted by atomic mass is 16.6. The van der Waals surface area contributed by atoms with Crippen LogP contribution in [-0.2, 0) is 0 Å². The number of rotatable bonds is 3. The van der Waals surface area contributed by atoms with Gasteiger partial charge in [0, 0.05) is 23.9 Å². The zero-order valence-electron chi connectivity index (χ0n) is 12.5. The molecule has 0 aromatic heterocycles. The lowest BCUT2D eigenvalue weighted by Gasteiger charge is -2.36. The number of fused-ring (bicyclic) bond motifs is 1. The predicted octanol–water partition coefficient (Wildman–Crippen LogP) is 1.85. The summed E-state index contributed by atoms with van der Waals surface area (Å²) in [5, 5.41) is 11.7. The van der Waals surface area contributed by atoms with Gasteiger partial charge >= 0.3 is 0 Å². The summed E-state index contributed by atoms with van der Waals surface area (Å²) in [5.74, 6) is 0.361. The molecule has 0 saturated carbocycles. The van der Waals surface area contributed by atoms with E-state index in [9.17, 15) is 10.1 Å². The first kappa shape index (κ1) is 14.7. The van der Waals surface area contributed by atoms with Crippen LogP contribution in [0.5, 0.6) is 0 Å². The maximum Gasteiger partial charge on any atom is 0.247 e. The van der Waals surface area contributed by atoms with E-state index in [1.165, 1.54) is 19.3 Å². The van der Waals surface area contributed by atoms with Crippen LogP contribution in [0.1, 0.15) is 39.5 Å². The Morgan fingerprint density at radius 1 is 1.37 bits per heavy atom. The third-order valence-electron chi connectivity index (χ3n) is 4.51. The van der Waals surface area contributed by atoms with Crippen molar-refractivity contribution >= 4 is 0 Å². The Hall–Kier alpha value is -0.680. The lowest BCUT2D eigenvalue weighted by Crippen LogP contribution is -2.54. The first-order chi connectivity index (χ1) is 8.93. The number of likely N-dealkylation sites (N-methyl/N-ethyl adjacent to an activating group) is 1. The van der Waals surface area contributed by atoms with Gasteiger partial charge in [-0.15, -0.1) is 0 Å². The van der Waals surface area contributed by atoms with E-state index in [0.717, 1.165) is 13.1 Å². The largest absolute Gasteiger partial charge is 0.298 e. The predicted molar refractivity (Wildman–Crippen MR) is 75.9 cm³/mol.